The lowest BCUT2D eigenvalue weighted by Crippen LogP contribution is -2.08. The summed E-state index contributed by atoms with van der Waals surface area (Å²) in [7, 11) is 0. The first kappa shape index (κ1) is 20.3. The summed E-state index contributed by atoms with van der Waals surface area (Å²) in [5.74, 6) is -0.342. The van der Waals surface area contributed by atoms with E-state index in [1.807, 2.05) is 60.7 Å². The Balaban J connectivity index is 1.36. The maximum atomic E-state index is 13.1. The Morgan fingerprint density at radius 1 is 0.879 bits per heavy atom. The second kappa shape index (κ2) is 8.83. The molecule has 0 aliphatic carbocycles. The van der Waals surface area contributed by atoms with Crippen LogP contribution in [-0.4, -0.2) is 30.9 Å². The highest BCUT2D eigenvalue weighted by molar-refractivity contribution is 5.86. The van der Waals surface area contributed by atoms with Gasteiger partial charge in [0.05, 0.1) is 5.69 Å². The van der Waals surface area contributed by atoms with E-state index in [4.69, 9.17) is 9.26 Å². The summed E-state index contributed by atoms with van der Waals surface area (Å²) < 4.78 is 25.1. The molecule has 2 heterocycles. The van der Waals surface area contributed by atoms with Crippen molar-refractivity contribution in [3.63, 3.8) is 0 Å². The van der Waals surface area contributed by atoms with Crippen LogP contribution in [0.1, 0.15) is 16.5 Å². The average Bonchev–Trinajstić information content (AvgIpc) is 3.52. The van der Waals surface area contributed by atoms with Crippen molar-refractivity contribution in [2.45, 2.75) is 6.61 Å². The lowest BCUT2D eigenvalue weighted by atomic mass is 10.2. The molecule has 0 saturated carbocycles. The molecule has 0 bridgehead atoms. The van der Waals surface area contributed by atoms with Crippen molar-refractivity contribution in [2.75, 3.05) is 0 Å². The Morgan fingerprint density at radius 3 is 2.30 bits per heavy atom. The highest BCUT2D eigenvalue weighted by atomic mass is 19.1. The quantitative estimate of drug-likeness (QED) is 0.359. The predicted octanol–water partition coefficient (Wildman–Crippen LogP) is 4.48. The Hall–Kier alpha value is -4.66. The molecule has 0 unspecified atom stereocenters. The molecule has 0 aliphatic rings. The van der Waals surface area contributed by atoms with Crippen LogP contribution in [0.25, 0.3) is 28.5 Å². The van der Waals surface area contributed by atoms with Gasteiger partial charge in [0.2, 0.25) is 5.82 Å². The van der Waals surface area contributed by atoms with E-state index in [0.717, 1.165) is 11.3 Å². The van der Waals surface area contributed by atoms with E-state index in [-0.39, 0.29) is 30.0 Å². The molecule has 3 aromatic carbocycles. The van der Waals surface area contributed by atoms with Crippen molar-refractivity contribution in [2.24, 2.45) is 0 Å². The topological polar surface area (TPSA) is 95.9 Å². The first-order valence-electron chi connectivity index (χ1n) is 10.0. The van der Waals surface area contributed by atoms with Gasteiger partial charge in [-0.25, -0.2) is 18.9 Å². The van der Waals surface area contributed by atoms with E-state index in [2.05, 4.69) is 20.2 Å². The molecule has 162 valence electrons. The van der Waals surface area contributed by atoms with Gasteiger partial charge in [0.15, 0.2) is 12.4 Å². The number of ether oxygens (including phenoxy) is 1. The van der Waals surface area contributed by atoms with Crippen molar-refractivity contribution in [3.8, 4) is 28.5 Å². The van der Waals surface area contributed by atoms with Gasteiger partial charge in [-0.2, -0.15) is 4.98 Å². The first-order chi connectivity index (χ1) is 16.2. The number of carbonyl (C=O) groups excluding carboxylic acids is 1. The van der Waals surface area contributed by atoms with Crippen molar-refractivity contribution >= 4 is 5.97 Å². The Kier molecular flexibility index (Phi) is 5.42. The summed E-state index contributed by atoms with van der Waals surface area (Å²) in [6.07, 6.45) is 0. The van der Waals surface area contributed by atoms with Gasteiger partial charge in [0.1, 0.15) is 5.82 Å². The summed E-state index contributed by atoms with van der Waals surface area (Å²) in [6.45, 7) is -0.256. The summed E-state index contributed by atoms with van der Waals surface area (Å²) in [5.41, 5.74) is 2.13. The monoisotopic (exact) mass is 441 g/mol. The smallest absolute Gasteiger partial charge is 0.378 e. The van der Waals surface area contributed by atoms with Crippen molar-refractivity contribution < 1.29 is 18.4 Å². The molecular formula is C24H16FN5O3. The molecule has 0 N–H and O–H groups in total. The minimum absolute atomic E-state index is 0.0912. The summed E-state index contributed by atoms with van der Waals surface area (Å²) in [5, 5.41) is 8.19. The zero-order chi connectivity index (χ0) is 22.6. The number of hydrogen-bond donors (Lipinski definition) is 0. The molecule has 8 nitrogen and oxygen atoms in total. The number of esters is 1. The highest BCUT2D eigenvalue weighted by Crippen LogP contribution is 2.21. The summed E-state index contributed by atoms with van der Waals surface area (Å²) in [6, 6.07) is 24.4. The third-order valence-electron chi connectivity index (χ3n) is 4.72. The zero-order valence-corrected chi connectivity index (χ0v) is 17.1. The third kappa shape index (κ3) is 4.38. The lowest BCUT2D eigenvalue weighted by Gasteiger charge is -2.05. The van der Waals surface area contributed by atoms with Gasteiger partial charge < -0.3 is 9.26 Å². The van der Waals surface area contributed by atoms with E-state index in [1.165, 1.54) is 24.3 Å². The molecular weight excluding hydrogens is 425 g/mol. The highest BCUT2D eigenvalue weighted by Gasteiger charge is 2.21. The number of carbonyl (C=O) groups is 1. The Morgan fingerprint density at radius 2 is 1.58 bits per heavy atom. The molecule has 0 atom stereocenters. The molecule has 0 amide bonds. The molecule has 0 fully saturated rings. The number of halogens is 1. The molecule has 33 heavy (non-hydrogen) atoms. The lowest BCUT2D eigenvalue weighted by molar-refractivity contribution is 0.0415. The van der Waals surface area contributed by atoms with Crippen LogP contribution < -0.4 is 0 Å². The second-order valence-corrected chi connectivity index (χ2v) is 6.97. The van der Waals surface area contributed by atoms with Gasteiger partial charge in [-0.15, -0.1) is 5.10 Å². The fourth-order valence-electron chi connectivity index (χ4n) is 3.14. The van der Waals surface area contributed by atoms with Crippen molar-refractivity contribution in [1.82, 2.24) is 24.9 Å². The number of hydrogen-bond acceptors (Lipinski definition) is 7. The molecule has 0 aliphatic heterocycles. The maximum absolute atomic E-state index is 13.1. The van der Waals surface area contributed by atoms with E-state index in [9.17, 15) is 9.18 Å². The van der Waals surface area contributed by atoms with Crippen LogP contribution in [0.3, 0.4) is 0 Å². The van der Waals surface area contributed by atoms with Gasteiger partial charge in [-0.3, -0.25) is 0 Å². The molecule has 9 heteroatoms. The van der Waals surface area contributed by atoms with Crippen LogP contribution in [0.5, 0.6) is 0 Å². The standard InChI is InChI=1S/C24H16FN5O3/c25-18-13-11-16(12-14-18)21-26-20(33-29-21)15-32-24(31)22-27-23(17-7-3-1-4-8-17)30(28-22)19-9-5-2-6-10-19/h1-14H,15H2. The fourth-order valence-corrected chi connectivity index (χ4v) is 3.14. The SMILES string of the molecule is O=C(OCc1nc(-c2ccc(F)cc2)no1)c1nc(-c2ccccc2)n(-c2ccccc2)n1. The van der Waals surface area contributed by atoms with Crippen LogP contribution in [0.15, 0.2) is 89.5 Å². The molecule has 0 spiro atoms. The van der Waals surface area contributed by atoms with E-state index in [0.29, 0.717) is 11.4 Å². The molecule has 0 saturated heterocycles. The van der Waals surface area contributed by atoms with E-state index < -0.39 is 5.97 Å². The van der Waals surface area contributed by atoms with Crippen LogP contribution >= 0.6 is 0 Å². The largest absolute Gasteiger partial charge is 0.450 e. The van der Waals surface area contributed by atoms with Crippen LogP contribution in [-0.2, 0) is 11.3 Å². The Labute approximate surface area is 187 Å². The van der Waals surface area contributed by atoms with E-state index >= 15 is 0 Å². The van der Waals surface area contributed by atoms with Gasteiger partial charge in [-0.05, 0) is 36.4 Å². The molecule has 5 aromatic rings. The molecule has 2 aromatic heterocycles. The number of benzene rings is 3. The second-order valence-electron chi connectivity index (χ2n) is 6.97. The van der Waals surface area contributed by atoms with Crippen molar-refractivity contribution in [1.29, 1.82) is 0 Å². The molecule has 5 rings (SSSR count). The Bertz CT molecular complexity index is 1330. The van der Waals surface area contributed by atoms with Gasteiger partial charge >= 0.3 is 5.97 Å². The summed E-state index contributed by atoms with van der Waals surface area (Å²) in [4.78, 5) is 21.2. The number of nitrogens with zero attached hydrogens (tertiary/aromatic N) is 5. The minimum atomic E-state index is -0.733. The number of para-hydroxylation sites is 1. The fraction of sp³-hybridized carbons (Fsp3) is 0.0417. The van der Waals surface area contributed by atoms with Crippen molar-refractivity contribution in [3.05, 3.63) is 102 Å². The third-order valence-corrected chi connectivity index (χ3v) is 4.72. The normalized spacial score (nSPS) is 10.8. The number of aromatic nitrogens is 5. The minimum Gasteiger partial charge on any atom is -0.450 e. The zero-order valence-electron chi connectivity index (χ0n) is 17.1. The number of rotatable bonds is 6. The first-order valence-corrected chi connectivity index (χ1v) is 10.0. The van der Waals surface area contributed by atoms with Gasteiger partial charge in [-0.1, -0.05) is 53.7 Å². The van der Waals surface area contributed by atoms with E-state index in [1.54, 1.807) is 4.68 Å². The summed E-state index contributed by atoms with van der Waals surface area (Å²) >= 11 is 0. The van der Waals surface area contributed by atoms with Crippen LogP contribution in [0, 0.1) is 5.82 Å². The molecule has 0 radical (unpaired) electrons. The van der Waals surface area contributed by atoms with Gasteiger partial charge in [0, 0.05) is 11.1 Å². The van der Waals surface area contributed by atoms with Crippen LogP contribution in [0.4, 0.5) is 4.39 Å². The van der Waals surface area contributed by atoms with Gasteiger partial charge in [0.25, 0.3) is 11.7 Å². The maximum Gasteiger partial charge on any atom is 0.378 e. The predicted molar refractivity (Wildman–Crippen MR) is 116 cm³/mol. The van der Waals surface area contributed by atoms with Crippen LogP contribution in [0.2, 0.25) is 0 Å². The average molecular weight is 441 g/mol.